The second-order valence-electron chi connectivity index (χ2n) is 11.3. The summed E-state index contributed by atoms with van der Waals surface area (Å²) in [7, 11) is 6.06. The number of hydrogen-bond donors (Lipinski definition) is 4. The SMILES string of the molecule is CC(N)c1ccc(N(C)C)cc1.CC(N)c1cccn1C.CC(N)c1ccsc1.CCC(N)c1cc(C(F)(F)F)cc(C(F)(F)F)c1. The molecule has 4 rings (SSSR count). The molecule has 262 valence electrons. The first-order chi connectivity index (χ1) is 21.7. The number of rotatable bonds is 6. The summed E-state index contributed by atoms with van der Waals surface area (Å²) in [5.41, 5.74) is 24.4. The maximum atomic E-state index is 12.5. The van der Waals surface area contributed by atoms with E-state index in [1.807, 2.05) is 70.2 Å². The van der Waals surface area contributed by atoms with E-state index in [2.05, 4.69) is 40.6 Å². The topological polar surface area (TPSA) is 112 Å². The summed E-state index contributed by atoms with van der Waals surface area (Å²) < 4.78 is 77.0. The van der Waals surface area contributed by atoms with Gasteiger partial charge in [-0.05, 0) is 103 Å². The molecule has 0 amide bonds. The van der Waals surface area contributed by atoms with Crippen molar-refractivity contribution in [3.8, 4) is 0 Å². The van der Waals surface area contributed by atoms with Gasteiger partial charge in [0.2, 0.25) is 0 Å². The molecule has 0 aliphatic rings. The van der Waals surface area contributed by atoms with Crippen LogP contribution >= 0.6 is 11.3 Å². The maximum Gasteiger partial charge on any atom is 0.416 e. The van der Waals surface area contributed by atoms with Crippen molar-refractivity contribution in [3.63, 3.8) is 0 Å². The zero-order valence-corrected chi connectivity index (χ0v) is 28.7. The normalized spacial score (nSPS) is 13.8. The first-order valence-corrected chi connectivity index (χ1v) is 15.9. The summed E-state index contributed by atoms with van der Waals surface area (Å²) in [4.78, 5) is 2.07. The molecule has 2 aromatic heterocycles. The van der Waals surface area contributed by atoms with Gasteiger partial charge in [0.15, 0.2) is 0 Å². The summed E-state index contributed by atoms with van der Waals surface area (Å²) in [6.45, 7) is 7.54. The predicted octanol–water partition coefficient (Wildman–Crippen LogP) is 8.72. The van der Waals surface area contributed by atoms with Crippen molar-refractivity contribution in [3.05, 3.63) is 111 Å². The number of benzene rings is 2. The van der Waals surface area contributed by atoms with Crippen LogP contribution in [0.1, 0.15) is 91.8 Å². The van der Waals surface area contributed by atoms with Crippen molar-refractivity contribution in [2.75, 3.05) is 19.0 Å². The molecule has 8 N–H and O–H groups in total. The number of hydrogen-bond acceptors (Lipinski definition) is 6. The summed E-state index contributed by atoms with van der Waals surface area (Å²) in [5, 5.41) is 4.11. The maximum absolute atomic E-state index is 12.5. The van der Waals surface area contributed by atoms with Crippen molar-refractivity contribution in [1.82, 2.24) is 4.57 Å². The molecule has 4 atom stereocenters. The Labute approximate surface area is 278 Å². The van der Waals surface area contributed by atoms with Gasteiger partial charge in [-0.3, -0.25) is 0 Å². The van der Waals surface area contributed by atoms with Crippen molar-refractivity contribution >= 4 is 17.0 Å². The van der Waals surface area contributed by atoms with Gasteiger partial charge in [0.05, 0.1) is 11.1 Å². The van der Waals surface area contributed by atoms with Crippen LogP contribution in [0, 0.1) is 0 Å². The van der Waals surface area contributed by atoms with Crippen LogP contribution in [0.25, 0.3) is 0 Å². The molecular formula is C34H48F6N6S. The van der Waals surface area contributed by atoms with Gasteiger partial charge in [-0.15, -0.1) is 0 Å². The molecule has 0 fully saturated rings. The van der Waals surface area contributed by atoms with Gasteiger partial charge >= 0.3 is 12.4 Å². The standard InChI is InChI=1S/C11H11F6N.C10H16N2.C7H12N2.C6H9NS/c1-2-9(18)6-3-7(10(12,13)14)5-8(4-6)11(15,16)17;1-8(11)9-4-6-10(7-5-9)12(2)3;1-6(8)7-4-3-5-9(7)2;1-5(7)6-2-3-8-4-6/h3-5,9H,2,18H2,1H3;4-8H,11H2,1-3H3;3-6H,8H2,1-2H3;2-5H,7H2,1H3. The lowest BCUT2D eigenvalue weighted by Gasteiger charge is -2.16. The molecule has 4 unspecified atom stereocenters. The molecule has 0 aliphatic heterocycles. The Morgan fingerprint density at radius 3 is 1.51 bits per heavy atom. The second-order valence-corrected chi connectivity index (χ2v) is 12.1. The molecule has 4 aromatic rings. The Kier molecular flexibility index (Phi) is 16.7. The highest BCUT2D eigenvalue weighted by molar-refractivity contribution is 7.07. The van der Waals surface area contributed by atoms with Crippen molar-refractivity contribution < 1.29 is 26.3 Å². The number of halogens is 6. The number of aryl methyl sites for hydroxylation is 1. The molecule has 0 bridgehead atoms. The molecule has 2 aromatic carbocycles. The quantitative estimate of drug-likeness (QED) is 0.152. The van der Waals surface area contributed by atoms with E-state index in [0.717, 1.165) is 0 Å². The van der Waals surface area contributed by atoms with Crippen LogP contribution in [0.5, 0.6) is 0 Å². The Morgan fingerprint density at radius 2 is 1.23 bits per heavy atom. The van der Waals surface area contributed by atoms with Gasteiger partial charge in [-0.25, -0.2) is 0 Å². The van der Waals surface area contributed by atoms with Crippen LogP contribution in [-0.4, -0.2) is 18.7 Å². The van der Waals surface area contributed by atoms with Crippen LogP contribution in [0.3, 0.4) is 0 Å². The van der Waals surface area contributed by atoms with E-state index in [9.17, 15) is 26.3 Å². The summed E-state index contributed by atoms with van der Waals surface area (Å²) in [6.07, 6.45) is -7.41. The lowest BCUT2D eigenvalue weighted by atomic mass is 9.99. The van der Waals surface area contributed by atoms with E-state index in [-0.39, 0.29) is 36.2 Å². The third-order valence-electron chi connectivity index (χ3n) is 6.93. The fourth-order valence-electron chi connectivity index (χ4n) is 3.99. The number of nitrogens with two attached hydrogens (primary N) is 4. The van der Waals surface area contributed by atoms with Crippen LogP contribution < -0.4 is 27.8 Å². The van der Waals surface area contributed by atoms with Gasteiger partial charge in [-0.1, -0.05) is 19.1 Å². The van der Waals surface area contributed by atoms with Gasteiger partial charge in [0.25, 0.3) is 0 Å². The highest BCUT2D eigenvalue weighted by Crippen LogP contribution is 2.37. The van der Waals surface area contributed by atoms with Crippen molar-refractivity contribution in [2.45, 2.75) is 70.6 Å². The fourth-order valence-corrected chi connectivity index (χ4v) is 4.75. The number of thiophene rings is 1. The van der Waals surface area contributed by atoms with Crippen molar-refractivity contribution in [2.24, 2.45) is 30.0 Å². The van der Waals surface area contributed by atoms with E-state index >= 15 is 0 Å². The number of aromatic nitrogens is 1. The molecule has 6 nitrogen and oxygen atoms in total. The summed E-state index contributed by atoms with van der Waals surface area (Å²) in [5.74, 6) is 0. The van der Waals surface area contributed by atoms with Gasteiger partial charge in [0.1, 0.15) is 0 Å². The largest absolute Gasteiger partial charge is 0.416 e. The van der Waals surface area contributed by atoms with Crippen LogP contribution in [-0.2, 0) is 19.4 Å². The molecule has 0 radical (unpaired) electrons. The highest BCUT2D eigenvalue weighted by atomic mass is 32.1. The predicted molar refractivity (Wildman–Crippen MR) is 182 cm³/mol. The molecular weight excluding hydrogens is 638 g/mol. The van der Waals surface area contributed by atoms with E-state index in [0.29, 0.717) is 12.1 Å². The minimum Gasteiger partial charge on any atom is -0.378 e. The lowest BCUT2D eigenvalue weighted by Crippen LogP contribution is -2.15. The van der Waals surface area contributed by atoms with E-state index in [1.165, 1.54) is 22.5 Å². The van der Waals surface area contributed by atoms with Crippen LogP contribution in [0.15, 0.2) is 77.6 Å². The van der Waals surface area contributed by atoms with E-state index in [4.69, 9.17) is 22.9 Å². The zero-order valence-electron chi connectivity index (χ0n) is 27.9. The minimum absolute atomic E-state index is 0.0892. The second kappa shape index (κ2) is 18.8. The average Bonchev–Trinajstić information content (AvgIpc) is 3.69. The third kappa shape index (κ3) is 14.5. The molecule has 0 saturated carbocycles. The Balaban J connectivity index is 0.000000330. The van der Waals surface area contributed by atoms with Gasteiger partial charge in [0, 0.05) is 62.9 Å². The van der Waals surface area contributed by atoms with Gasteiger partial charge < -0.3 is 32.4 Å². The minimum atomic E-state index is -4.83. The molecule has 2 heterocycles. The molecule has 0 spiro atoms. The smallest absolute Gasteiger partial charge is 0.378 e. The monoisotopic (exact) mass is 686 g/mol. The number of nitrogens with zero attached hydrogens (tertiary/aromatic N) is 2. The first-order valence-electron chi connectivity index (χ1n) is 14.9. The number of anilines is 1. The van der Waals surface area contributed by atoms with Crippen LogP contribution in [0.2, 0.25) is 0 Å². The fraction of sp³-hybridized carbons (Fsp3) is 0.412. The summed E-state index contributed by atoms with van der Waals surface area (Å²) in [6, 6.07) is 15.4. The van der Waals surface area contributed by atoms with Crippen molar-refractivity contribution in [1.29, 1.82) is 0 Å². The molecule has 13 heteroatoms. The first kappa shape index (κ1) is 41.7. The van der Waals surface area contributed by atoms with Crippen LogP contribution in [0.4, 0.5) is 32.0 Å². The Bertz CT molecular complexity index is 1370. The van der Waals surface area contributed by atoms with E-state index in [1.54, 1.807) is 18.3 Å². The third-order valence-corrected chi connectivity index (χ3v) is 7.63. The average molecular weight is 687 g/mol. The number of alkyl halides is 6. The molecule has 47 heavy (non-hydrogen) atoms. The Hall–Kier alpha value is -3.36. The molecule has 0 saturated heterocycles. The lowest BCUT2D eigenvalue weighted by molar-refractivity contribution is -0.143. The summed E-state index contributed by atoms with van der Waals surface area (Å²) >= 11 is 1.69. The Morgan fingerprint density at radius 1 is 0.723 bits per heavy atom. The highest BCUT2D eigenvalue weighted by Gasteiger charge is 2.37. The zero-order chi connectivity index (χ0) is 36.1. The molecule has 0 aliphatic carbocycles. The van der Waals surface area contributed by atoms with Gasteiger partial charge in [-0.2, -0.15) is 37.7 Å². The van der Waals surface area contributed by atoms with E-state index < -0.39 is 29.5 Å².